The number of amides is 1. The number of ether oxygens (including phenoxy) is 2. The lowest BCUT2D eigenvalue weighted by molar-refractivity contribution is 0.0451. The van der Waals surface area contributed by atoms with Gasteiger partial charge >= 0.3 is 6.09 Å². The highest BCUT2D eigenvalue weighted by Crippen LogP contribution is 2.25. The third-order valence-electron chi connectivity index (χ3n) is 3.73. The highest BCUT2D eigenvalue weighted by Gasteiger charge is 2.31. The molecule has 0 aliphatic carbocycles. The van der Waals surface area contributed by atoms with Crippen LogP contribution in [0.1, 0.15) is 33.4 Å². The van der Waals surface area contributed by atoms with Crippen LogP contribution >= 0.6 is 11.6 Å². The predicted molar refractivity (Wildman–Crippen MR) is 105 cm³/mol. The topological polar surface area (TPSA) is 76.9 Å². The highest BCUT2D eigenvalue weighted by atomic mass is 35.5. The minimum absolute atomic E-state index is 0.373. The Morgan fingerprint density at radius 2 is 2.04 bits per heavy atom. The predicted octanol–water partition coefficient (Wildman–Crippen LogP) is 4.03. The van der Waals surface area contributed by atoms with Gasteiger partial charge in [0.05, 0.1) is 16.8 Å². The summed E-state index contributed by atoms with van der Waals surface area (Å²) in [7, 11) is 0. The van der Waals surface area contributed by atoms with E-state index < -0.39 is 24.0 Å². The van der Waals surface area contributed by atoms with Crippen molar-refractivity contribution in [2.24, 2.45) is 4.99 Å². The maximum Gasteiger partial charge on any atom is 0.408 e. The summed E-state index contributed by atoms with van der Waals surface area (Å²) in [5.74, 6) is 0.373. The molecule has 0 fully saturated rings. The lowest BCUT2D eigenvalue weighted by Gasteiger charge is -2.33. The third-order valence-corrected chi connectivity index (χ3v) is 4.03. The number of hydrogen-bond donors (Lipinski definition) is 2. The molecule has 1 aliphatic heterocycles. The van der Waals surface area contributed by atoms with Crippen LogP contribution in [0.2, 0.25) is 5.02 Å². The summed E-state index contributed by atoms with van der Waals surface area (Å²) in [6.07, 6.45) is 0.711. The number of carbonyl (C=O) groups is 1. The Bertz CT molecular complexity index is 842. The normalized spacial score (nSPS) is 18.9. The van der Waals surface area contributed by atoms with E-state index in [1.165, 1.54) is 0 Å². The van der Waals surface area contributed by atoms with Crippen LogP contribution in [-0.4, -0.2) is 34.5 Å². The van der Waals surface area contributed by atoms with Gasteiger partial charge in [0.1, 0.15) is 11.3 Å². The van der Waals surface area contributed by atoms with Crippen LogP contribution in [0.3, 0.4) is 0 Å². The van der Waals surface area contributed by atoms with E-state index >= 15 is 0 Å². The Morgan fingerprint density at radius 3 is 2.70 bits per heavy atom. The lowest BCUT2D eigenvalue weighted by atomic mass is 10.2. The van der Waals surface area contributed by atoms with Crippen molar-refractivity contribution in [2.45, 2.75) is 45.6 Å². The molecule has 144 valence electrons. The SMILES string of the molecule is C[C@H](NC(=O)OC(C)(C)C)C1Nn2ccc(Cl)c2C(=Nc2ccccc2)O1. The minimum atomic E-state index is -0.578. The second-order valence-electron chi connectivity index (χ2n) is 7.24. The zero-order chi connectivity index (χ0) is 19.6. The Hall–Kier alpha value is -2.67. The highest BCUT2D eigenvalue weighted by molar-refractivity contribution is 6.33. The second-order valence-corrected chi connectivity index (χ2v) is 7.64. The van der Waals surface area contributed by atoms with E-state index in [0.717, 1.165) is 5.69 Å². The van der Waals surface area contributed by atoms with Gasteiger partial charge < -0.3 is 14.8 Å². The molecule has 1 aliphatic rings. The van der Waals surface area contributed by atoms with Crippen molar-refractivity contribution < 1.29 is 14.3 Å². The van der Waals surface area contributed by atoms with E-state index in [1.807, 2.05) is 58.0 Å². The van der Waals surface area contributed by atoms with Crippen LogP contribution in [0.25, 0.3) is 0 Å². The van der Waals surface area contributed by atoms with Crippen molar-refractivity contribution in [3.63, 3.8) is 0 Å². The summed E-state index contributed by atoms with van der Waals surface area (Å²) >= 11 is 6.29. The van der Waals surface area contributed by atoms with E-state index in [0.29, 0.717) is 16.6 Å². The minimum Gasteiger partial charge on any atom is -0.448 e. The van der Waals surface area contributed by atoms with Gasteiger partial charge in [0.2, 0.25) is 12.1 Å². The number of rotatable bonds is 3. The Morgan fingerprint density at radius 1 is 1.33 bits per heavy atom. The van der Waals surface area contributed by atoms with Gasteiger partial charge in [0, 0.05) is 6.20 Å². The van der Waals surface area contributed by atoms with Crippen LogP contribution < -0.4 is 10.7 Å². The third kappa shape index (κ3) is 4.74. The zero-order valence-corrected chi connectivity index (χ0v) is 16.4. The van der Waals surface area contributed by atoms with Gasteiger partial charge in [0.15, 0.2) is 0 Å². The molecular weight excluding hydrogens is 368 g/mol. The number of nitrogens with zero attached hydrogens (tertiary/aromatic N) is 2. The molecular formula is C19H23ClN4O3. The van der Waals surface area contributed by atoms with Crippen LogP contribution in [0.15, 0.2) is 47.6 Å². The van der Waals surface area contributed by atoms with Crippen molar-refractivity contribution in [2.75, 3.05) is 5.43 Å². The lowest BCUT2D eigenvalue weighted by Crippen LogP contribution is -2.53. The molecule has 1 unspecified atom stereocenters. The number of benzene rings is 1. The number of aliphatic imine (C=N–C) groups is 1. The standard InChI is InChI=1S/C19H23ClN4O3/c1-12(21-18(25)27-19(2,3)4)16-23-24-11-10-14(20)15(24)17(26-16)22-13-8-6-5-7-9-13/h5-12,16,23H,1-4H3,(H,21,25)/t12-,16?/m0/s1. The number of para-hydroxylation sites is 1. The fourth-order valence-electron chi connectivity index (χ4n) is 2.54. The number of hydrogen-bond acceptors (Lipinski definition) is 5. The monoisotopic (exact) mass is 390 g/mol. The molecule has 1 aromatic carbocycles. The van der Waals surface area contributed by atoms with Gasteiger partial charge in [0.25, 0.3) is 0 Å². The fourth-order valence-corrected chi connectivity index (χ4v) is 2.77. The van der Waals surface area contributed by atoms with Gasteiger partial charge in [-0.05, 0) is 45.9 Å². The van der Waals surface area contributed by atoms with Gasteiger partial charge in [-0.2, -0.15) is 0 Å². The number of nitrogens with one attached hydrogen (secondary N) is 2. The van der Waals surface area contributed by atoms with Crippen LogP contribution in [0, 0.1) is 0 Å². The molecule has 0 saturated heterocycles. The first-order chi connectivity index (χ1) is 12.7. The Kier molecular flexibility index (Phi) is 5.32. The molecule has 0 radical (unpaired) electrons. The van der Waals surface area contributed by atoms with E-state index in [4.69, 9.17) is 21.1 Å². The van der Waals surface area contributed by atoms with Crippen molar-refractivity contribution in [1.82, 2.24) is 9.99 Å². The quantitative estimate of drug-likeness (QED) is 0.829. The molecule has 3 rings (SSSR count). The Labute approximate surface area is 163 Å². The second kappa shape index (κ2) is 7.52. The van der Waals surface area contributed by atoms with Gasteiger partial charge in [-0.1, -0.05) is 29.8 Å². The maximum atomic E-state index is 12.1. The first kappa shape index (κ1) is 19.1. The van der Waals surface area contributed by atoms with E-state index in [-0.39, 0.29) is 0 Å². The molecule has 1 amide bonds. The average molecular weight is 391 g/mol. The molecule has 0 spiro atoms. The van der Waals surface area contributed by atoms with Gasteiger partial charge in [-0.15, -0.1) is 0 Å². The molecule has 27 heavy (non-hydrogen) atoms. The van der Waals surface area contributed by atoms with Crippen molar-refractivity contribution in [3.05, 3.63) is 53.3 Å². The first-order valence-corrected chi connectivity index (χ1v) is 9.04. The van der Waals surface area contributed by atoms with Gasteiger partial charge in [-0.25, -0.2) is 9.79 Å². The summed E-state index contributed by atoms with van der Waals surface area (Å²) in [6.45, 7) is 7.25. The van der Waals surface area contributed by atoms with E-state index in [1.54, 1.807) is 16.9 Å². The number of aromatic nitrogens is 1. The summed E-state index contributed by atoms with van der Waals surface area (Å²) in [4.78, 5) is 16.6. The van der Waals surface area contributed by atoms with E-state index in [2.05, 4.69) is 15.7 Å². The largest absolute Gasteiger partial charge is 0.448 e. The van der Waals surface area contributed by atoms with Crippen LogP contribution in [0.5, 0.6) is 0 Å². The summed E-state index contributed by atoms with van der Waals surface area (Å²) in [6, 6.07) is 10.8. The maximum absolute atomic E-state index is 12.1. The van der Waals surface area contributed by atoms with Crippen LogP contribution in [0.4, 0.5) is 10.5 Å². The van der Waals surface area contributed by atoms with Crippen molar-refractivity contribution in [3.8, 4) is 0 Å². The number of fused-ring (bicyclic) bond motifs is 1. The number of alkyl carbamates (subject to hydrolysis) is 1. The molecule has 2 aromatic rings. The number of halogens is 1. The van der Waals surface area contributed by atoms with Gasteiger partial charge in [-0.3, -0.25) is 10.1 Å². The fraction of sp³-hybridized carbons (Fsp3) is 0.368. The molecule has 2 atom stereocenters. The molecule has 0 bridgehead atoms. The molecule has 7 nitrogen and oxygen atoms in total. The molecule has 2 heterocycles. The van der Waals surface area contributed by atoms with Crippen molar-refractivity contribution in [1.29, 1.82) is 0 Å². The van der Waals surface area contributed by atoms with Crippen LogP contribution in [-0.2, 0) is 9.47 Å². The molecule has 1 aromatic heterocycles. The summed E-state index contributed by atoms with van der Waals surface area (Å²) < 4.78 is 13.1. The zero-order valence-electron chi connectivity index (χ0n) is 15.7. The van der Waals surface area contributed by atoms with E-state index in [9.17, 15) is 4.79 Å². The summed E-state index contributed by atoms with van der Waals surface area (Å²) in [5.41, 5.74) is 3.95. The first-order valence-electron chi connectivity index (χ1n) is 8.66. The molecule has 0 saturated carbocycles. The van der Waals surface area contributed by atoms with Crippen molar-refractivity contribution >= 4 is 29.3 Å². The summed E-state index contributed by atoms with van der Waals surface area (Å²) in [5, 5.41) is 3.30. The molecule has 2 N–H and O–H groups in total. The number of carbonyl (C=O) groups excluding carboxylic acids is 1. The molecule has 8 heteroatoms. The Balaban J connectivity index is 1.81. The smallest absolute Gasteiger partial charge is 0.408 e. The average Bonchev–Trinajstić information content (AvgIpc) is 2.95.